The van der Waals surface area contributed by atoms with Crippen LogP contribution in [0.15, 0.2) is 11.4 Å². The lowest BCUT2D eigenvalue weighted by atomic mass is 10.5. The minimum absolute atomic E-state index is 0.0247. The molecule has 116 valence electrons. The van der Waals surface area contributed by atoms with Crippen LogP contribution < -0.4 is 9.47 Å². The summed E-state index contributed by atoms with van der Waals surface area (Å²) in [5.74, 6) is 0.396. The van der Waals surface area contributed by atoms with Crippen LogP contribution in [-0.4, -0.2) is 29.2 Å². The summed E-state index contributed by atoms with van der Waals surface area (Å²) in [5.41, 5.74) is -0.974. The van der Waals surface area contributed by atoms with E-state index in [-0.39, 0.29) is 22.6 Å². The monoisotopic (exact) mass is 321 g/mol. The van der Waals surface area contributed by atoms with Crippen molar-refractivity contribution in [2.45, 2.75) is 20.0 Å². The first kappa shape index (κ1) is 17.2. The van der Waals surface area contributed by atoms with Crippen molar-refractivity contribution in [1.29, 1.82) is 0 Å². The summed E-state index contributed by atoms with van der Waals surface area (Å²) in [4.78, 5) is 11.3. The van der Waals surface area contributed by atoms with Gasteiger partial charge in [-0.1, -0.05) is 13.8 Å². The summed E-state index contributed by atoms with van der Waals surface area (Å²) in [6.07, 6.45) is -4.49. The third-order valence-electron chi connectivity index (χ3n) is 2.08. The van der Waals surface area contributed by atoms with Gasteiger partial charge in [-0.3, -0.25) is 0 Å². The van der Waals surface area contributed by atoms with E-state index in [0.717, 1.165) is 16.7 Å². The number of hydrogen-bond acceptors (Lipinski definition) is 6. The van der Waals surface area contributed by atoms with Gasteiger partial charge < -0.3 is 9.47 Å². The topological polar surface area (TPSA) is 57.1 Å². The average Bonchev–Trinajstić information content (AvgIpc) is 2.98. The molecule has 0 aliphatic heterocycles. The van der Waals surface area contributed by atoms with Gasteiger partial charge in [0.25, 0.3) is 0 Å². The largest absolute Gasteiger partial charge is 0.481 e. The summed E-state index contributed by atoms with van der Waals surface area (Å²) in [6, 6.07) is 1.42. The van der Waals surface area contributed by atoms with Gasteiger partial charge in [0.05, 0.1) is 20.3 Å². The van der Waals surface area contributed by atoms with Crippen LogP contribution in [0.25, 0.3) is 10.8 Å². The molecule has 2 aromatic rings. The summed E-state index contributed by atoms with van der Waals surface area (Å²) in [5, 5.41) is 0.953. The molecule has 0 saturated carbocycles. The van der Waals surface area contributed by atoms with E-state index in [9.17, 15) is 13.2 Å². The van der Waals surface area contributed by atoms with Gasteiger partial charge >= 0.3 is 6.18 Å². The minimum Gasteiger partial charge on any atom is -0.481 e. The van der Waals surface area contributed by atoms with Crippen molar-refractivity contribution in [2.24, 2.45) is 0 Å². The molecule has 9 heteroatoms. The number of methoxy groups -OCH3 is 2. The van der Waals surface area contributed by atoms with E-state index >= 15 is 0 Å². The molecule has 0 amide bonds. The molecule has 0 atom stereocenters. The van der Waals surface area contributed by atoms with Crippen LogP contribution in [0.5, 0.6) is 11.8 Å². The Balaban J connectivity index is 0.00000106. The van der Waals surface area contributed by atoms with E-state index < -0.39 is 11.9 Å². The van der Waals surface area contributed by atoms with Gasteiger partial charge in [0, 0.05) is 5.38 Å². The van der Waals surface area contributed by atoms with E-state index in [1.807, 2.05) is 13.8 Å². The molecule has 0 saturated heterocycles. The van der Waals surface area contributed by atoms with Gasteiger partial charge in [-0.15, -0.1) is 11.3 Å². The Morgan fingerprint density at radius 2 is 1.52 bits per heavy atom. The molecule has 0 bridgehead atoms. The predicted molar refractivity (Wildman–Crippen MR) is 72.6 cm³/mol. The second-order valence-electron chi connectivity index (χ2n) is 3.31. The Morgan fingerprint density at radius 1 is 1.00 bits per heavy atom. The Morgan fingerprint density at radius 3 is 1.90 bits per heavy atom. The molecule has 0 spiro atoms. The lowest BCUT2D eigenvalue weighted by Gasteiger charge is -2.04. The van der Waals surface area contributed by atoms with Crippen LogP contribution in [0, 0.1) is 0 Å². The van der Waals surface area contributed by atoms with Crippen molar-refractivity contribution >= 4 is 11.3 Å². The number of halogens is 3. The fourth-order valence-corrected chi connectivity index (χ4v) is 1.97. The van der Waals surface area contributed by atoms with E-state index in [2.05, 4.69) is 15.0 Å². The minimum atomic E-state index is -4.49. The summed E-state index contributed by atoms with van der Waals surface area (Å²) in [7, 11) is 2.77. The van der Waals surface area contributed by atoms with Crippen LogP contribution in [0.2, 0.25) is 0 Å². The number of aromatic nitrogens is 3. The van der Waals surface area contributed by atoms with Crippen molar-refractivity contribution < 1.29 is 22.6 Å². The molecular formula is C12H14F3N3O2S. The van der Waals surface area contributed by atoms with Crippen LogP contribution in [-0.2, 0) is 6.18 Å². The number of thiazole rings is 1. The zero-order valence-electron chi connectivity index (χ0n) is 11.9. The van der Waals surface area contributed by atoms with E-state index in [4.69, 9.17) is 9.47 Å². The third-order valence-corrected chi connectivity index (χ3v) is 2.92. The molecule has 2 aromatic heterocycles. The van der Waals surface area contributed by atoms with E-state index in [1.54, 1.807) is 0 Å². The number of ether oxygens (including phenoxy) is 2. The van der Waals surface area contributed by atoms with Gasteiger partial charge in [-0.25, -0.2) is 4.98 Å². The standard InChI is InChI=1S/C10H8F3N3O2S.C2H6/c1-17-6-3-7(18-2)16-8(15-6)9-14-5(4-19-9)10(11,12)13;1-2/h3-4H,1-2H3;1-2H3. The van der Waals surface area contributed by atoms with Gasteiger partial charge in [-0.05, 0) is 0 Å². The van der Waals surface area contributed by atoms with Gasteiger partial charge in [0.2, 0.25) is 11.8 Å². The lowest BCUT2D eigenvalue weighted by Crippen LogP contribution is -2.05. The molecule has 0 fully saturated rings. The van der Waals surface area contributed by atoms with E-state index in [0.29, 0.717) is 0 Å². The van der Waals surface area contributed by atoms with Crippen molar-refractivity contribution in [1.82, 2.24) is 15.0 Å². The van der Waals surface area contributed by atoms with Gasteiger partial charge in [0.15, 0.2) is 16.5 Å². The summed E-state index contributed by atoms with van der Waals surface area (Å²) >= 11 is 0.801. The highest BCUT2D eigenvalue weighted by Gasteiger charge is 2.34. The smallest absolute Gasteiger partial charge is 0.434 e. The summed E-state index contributed by atoms with van der Waals surface area (Å²) in [6.45, 7) is 4.00. The maximum atomic E-state index is 12.5. The first-order valence-corrected chi connectivity index (χ1v) is 6.82. The molecule has 2 heterocycles. The SMILES string of the molecule is CC.COc1cc(OC)nc(-c2nc(C(F)(F)F)cs2)n1. The van der Waals surface area contributed by atoms with Crippen molar-refractivity contribution in [3.63, 3.8) is 0 Å². The Kier molecular flexibility index (Phi) is 5.89. The van der Waals surface area contributed by atoms with Crippen LogP contribution >= 0.6 is 11.3 Å². The molecule has 0 unspecified atom stereocenters. The first-order valence-electron chi connectivity index (χ1n) is 5.94. The molecule has 21 heavy (non-hydrogen) atoms. The number of nitrogens with zero attached hydrogens (tertiary/aromatic N) is 3. The Hall–Kier alpha value is -1.90. The highest BCUT2D eigenvalue weighted by atomic mass is 32.1. The summed E-state index contributed by atoms with van der Waals surface area (Å²) < 4.78 is 47.2. The maximum absolute atomic E-state index is 12.5. The molecule has 5 nitrogen and oxygen atoms in total. The van der Waals surface area contributed by atoms with E-state index in [1.165, 1.54) is 20.3 Å². The second-order valence-corrected chi connectivity index (χ2v) is 4.17. The van der Waals surface area contributed by atoms with Crippen LogP contribution in [0.1, 0.15) is 19.5 Å². The molecular weight excluding hydrogens is 307 g/mol. The Labute approximate surface area is 123 Å². The molecule has 0 radical (unpaired) electrons. The van der Waals surface area contributed by atoms with Gasteiger partial charge in [-0.2, -0.15) is 23.1 Å². The fraction of sp³-hybridized carbons (Fsp3) is 0.417. The first-order chi connectivity index (χ1) is 9.94. The fourth-order valence-electron chi connectivity index (χ4n) is 1.22. The number of rotatable bonds is 3. The second kappa shape index (κ2) is 7.21. The molecule has 2 rings (SSSR count). The quantitative estimate of drug-likeness (QED) is 0.863. The van der Waals surface area contributed by atoms with Crippen LogP contribution in [0.4, 0.5) is 13.2 Å². The molecule has 0 N–H and O–H groups in total. The maximum Gasteiger partial charge on any atom is 0.434 e. The van der Waals surface area contributed by atoms with Gasteiger partial charge in [0.1, 0.15) is 0 Å². The highest BCUT2D eigenvalue weighted by Crippen LogP contribution is 2.33. The zero-order valence-corrected chi connectivity index (χ0v) is 12.7. The zero-order chi connectivity index (χ0) is 16.0. The van der Waals surface area contributed by atoms with Crippen LogP contribution in [0.3, 0.4) is 0 Å². The third kappa shape index (κ3) is 4.28. The number of hydrogen-bond donors (Lipinski definition) is 0. The predicted octanol–water partition coefficient (Wildman–Crippen LogP) is 3.66. The molecule has 0 aliphatic rings. The van der Waals surface area contributed by atoms with Crippen molar-refractivity contribution in [3.05, 3.63) is 17.1 Å². The average molecular weight is 321 g/mol. The molecule has 0 aliphatic carbocycles. The normalized spacial score (nSPS) is 10.6. The Bertz CT molecular complexity index is 565. The lowest BCUT2D eigenvalue weighted by molar-refractivity contribution is -0.140. The highest BCUT2D eigenvalue weighted by molar-refractivity contribution is 7.13. The van der Waals surface area contributed by atoms with Crippen molar-refractivity contribution in [2.75, 3.05) is 14.2 Å². The number of alkyl halides is 3. The van der Waals surface area contributed by atoms with Crippen molar-refractivity contribution in [3.8, 4) is 22.6 Å². The molecule has 0 aromatic carbocycles.